The predicted octanol–water partition coefficient (Wildman–Crippen LogP) is 3.66. The van der Waals surface area contributed by atoms with Crippen molar-refractivity contribution in [1.82, 2.24) is 5.32 Å². The first-order valence-electron chi connectivity index (χ1n) is 9.94. The molecule has 0 radical (unpaired) electrons. The highest BCUT2D eigenvalue weighted by atomic mass is 16.5. The number of anilines is 1. The molecule has 28 heavy (non-hydrogen) atoms. The summed E-state index contributed by atoms with van der Waals surface area (Å²) in [7, 11) is 0. The zero-order valence-corrected chi connectivity index (χ0v) is 16.3. The van der Waals surface area contributed by atoms with Gasteiger partial charge in [0.05, 0.1) is 6.61 Å². The summed E-state index contributed by atoms with van der Waals surface area (Å²) in [4.78, 5) is 24.3. The Balaban J connectivity index is 1.32. The first-order chi connectivity index (χ1) is 13.6. The molecule has 0 saturated heterocycles. The van der Waals surface area contributed by atoms with Gasteiger partial charge in [0, 0.05) is 30.3 Å². The highest BCUT2D eigenvalue weighted by Crippen LogP contribution is 2.38. The summed E-state index contributed by atoms with van der Waals surface area (Å²) in [5.74, 6) is 0.471. The number of rotatable bonds is 10. The van der Waals surface area contributed by atoms with E-state index in [0.29, 0.717) is 36.9 Å². The van der Waals surface area contributed by atoms with E-state index in [1.165, 1.54) is 5.56 Å². The SMILES string of the molecule is CC1CC1C(=O)Nc1cccc(C(=O)NCCCOCCc2ccccc2)c1. The van der Waals surface area contributed by atoms with Crippen molar-refractivity contribution in [2.75, 3.05) is 25.1 Å². The monoisotopic (exact) mass is 380 g/mol. The Morgan fingerprint density at radius 2 is 1.86 bits per heavy atom. The van der Waals surface area contributed by atoms with Gasteiger partial charge in [-0.25, -0.2) is 0 Å². The summed E-state index contributed by atoms with van der Waals surface area (Å²) >= 11 is 0. The molecule has 0 aromatic heterocycles. The lowest BCUT2D eigenvalue weighted by Crippen LogP contribution is -2.25. The minimum absolute atomic E-state index is 0.0395. The maximum atomic E-state index is 12.3. The third-order valence-corrected chi connectivity index (χ3v) is 4.97. The Morgan fingerprint density at radius 1 is 1.07 bits per heavy atom. The highest BCUT2D eigenvalue weighted by molar-refractivity contribution is 5.98. The second-order valence-electron chi connectivity index (χ2n) is 7.35. The molecule has 2 unspecified atom stereocenters. The van der Waals surface area contributed by atoms with Gasteiger partial charge in [-0.1, -0.05) is 43.3 Å². The molecule has 3 rings (SSSR count). The Labute approximate surface area is 166 Å². The molecule has 0 heterocycles. The molecule has 1 saturated carbocycles. The van der Waals surface area contributed by atoms with Crippen LogP contribution in [-0.2, 0) is 16.0 Å². The number of hydrogen-bond donors (Lipinski definition) is 2. The van der Waals surface area contributed by atoms with E-state index in [2.05, 4.69) is 29.7 Å². The molecule has 148 valence electrons. The van der Waals surface area contributed by atoms with Crippen LogP contribution in [0, 0.1) is 11.8 Å². The third-order valence-electron chi connectivity index (χ3n) is 4.97. The van der Waals surface area contributed by atoms with Gasteiger partial charge >= 0.3 is 0 Å². The van der Waals surface area contributed by atoms with Crippen LogP contribution >= 0.6 is 0 Å². The van der Waals surface area contributed by atoms with Crippen molar-refractivity contribution in [2.24, 2.45) is 11.8 Å². The van der Waals surface area contributed by atoms with Crippen LogP contribution in [0.15, 0.2) is 54.6 Å². The summed E-state index contributed by atoms with van der Waals surface area (Å²) in [5.41, 5.74) is 2.48. The van der Waals surface area contributed by atoms with E-state index in [-0.39, 0.29) is 17.7 Å². The van der Waals surface area contributed by atoms with Gasteiger partial charge < -0.3 is 15.4 Å². The first kappa shape index (κ1) is 20.1. The molecule has 0 bridgehead atoms. The molecule has 2 atom stereocenters. The van der Waals surface area contributed by atoms with Crippen LogP contribution in [0.5, 0.6) is 0 Å². The molecule has 2 aromatic carbocycles. The molecule has 0 aliphatic heterocycles. The van der Waals surface area contributed by atoms with Crippen LogP contribution in [0.3, 0.4) is 0 Å². The van der Waals surface area contributed by atoms with E-state index < -0.39 is 0 Å². The number of amides is 2. The maximum absolute atomic E-state index is 12.3. The van der Waals surface area contributed by atoms with Gasteiger partial charge in [-0.3, -0.25) is 9.59 Å². The second-order valence-corrected chi connectivity index (χ2v) is 7.35. The number of benzene rings is 2. The maximum Gasteiger partial charge on any atom is 0.251 e. The van der Waals surface area contributed by atoms with Gasteiger partial charge in [0.2, 0.25) is 5.91 Å². The third kappa shape index (κ3) is 6.20. The van der Waals surface area contributed by atoms with Gasteiger partial charge in [-0.15, -0.1) is 0 Å². The van der Waals surface area contributed by atoms with Crippen LogP contribution in [0.25, 0.3) is 0 Å². The lowest BCUT2D eigenvalue weighted by Gasteiger charge is -2.09. The summed E-state index contributed by atoms with van der Waals surface area (Å²) in [5, 5.41) is 5.79. The standard InChI is InChI=1S/C23H28N2O3/c1-17-15-21(17)23(27)25-20-10-5-9-19(16-20)22(26)24-12-6-13-28-14-11-18-7-3-2-4-8-18/h2-5,7-10,16-17,21H,6,11-15H2,1H3,(H,24,26)(H,25,27). The molecule has 2 amide bonds. The molecule has 0 spiro atoms. The fourth-order valence-electron chi connectivity index (χ4n) is 3.08. The van der Waals surface area contributed by atoms with Crippen molar-refractivity contribution in [3.8, 4) is 0 Å². The Morgan fingerprint density at radius 3 is 2.61 bits per heavy atom. The largest absolute Gasteiger partial charge is 0.381 e. The fraction of sp³-hybridized carbons (Fsp3) is 0.391. The zero-order valence-electron chi connectivity index (χ0n) is 16.3. The van der Waals surface area contributed by atoms with Crippen LogP contribution < -0.4 is 10.6 Å². The topological polar surface area (TPSA) is 67.4 Å². The van der Waals surface area contributed by atoms with Crippen molar-refractivity contribution in [3.63, 3.8) is 0 Å². The Bertz CT molecular complexity index is 791. The zero-order chi connectivity index (χ0) is 19.8. The summed E-state index contributed by atoms with van der Waals surface area (Å²) in [6, 6.07) is 17.3. The van der Waals surface area contributed by atoms with Crippen LogP contribution in [0.2, 0.25) is 0 Å². The Hall–Kier alpha value is -2.66. The lowest BCUT2D eigenvalue weighted by molar-refractivity contribution is -0.117. The minimum atomic E-state index is -0.139. The van der Waals surface area contributed by atoms with Crippen molar-refractivity contribution in [1.29, 1.82) is 0 Å². The number of carbonyl (C=O) groups is 2. The van der Waals surface area contributed by atoms with Crippen LogP contribution in [0.4, 0.5) is 5.69 Å². The minimum Gasteiger partial charge on any atom is -0.381 e. The molecular formula is C23H28N2O3. The van der Waals surface area contributed by atoms with Gasteiger partial charge in [0.1, 0.15) is 0 Å². The molecule has 5 heteroatoms. The van der Waals surface area contributed by atoms with Crippen LogP contribution in [0.1, 0.15) is 35.7 Å². The highest BCUT2D eigenvalue weighted by Gasteiger charge is 2.39. The number of hydrogen-bond acceptors (Lipinski definition) is 3. The van der Waals surface area contributed by atoms with Crippen molar-refractivity contribution < 1.29 is 14.3 Å². The summed E-state index contributed by atoms with van der Waals surface area (Å²) in [6.07, 6.45) is 2.60. The van der Waals surface area contributed by atoms with Gasteiger partial charge in [0.25, 0.3) is 5.91 Å². The van der Waals surface area contributed by atoms with E-state index >= 15 is 0 Å². The van der Waals surface area contributed by atoms with E-state index in [1.54, 1.807) is 18.2 Å². The quantitative estimate of drug-likeness (QED) is 0.618. The Kier molecular flexibility index (Phi) is 7.20. The molecule has 2 aromatic rings. The predicted molar refractivity (Wildman–Crippen MR) is 110 cm³/mol. The molecule has 2 N–H and O–H groups in total. The van der Waals surface area contributed by atoms with E-state index in [4.69, 9.17) is 4.74 Å². The first-order valence-corrected chi connectivity index (χ1v) is 9.94. The fourth-order valence-corrected chi connectivity index (χ4v) is 3.08. The normalized spacial score (nSPS) is 17.8. The van der Waals surface area contributed by atoms with Crippen LogP contribution in [-0.4, -0.2) is 31.6 Å². The molecule has 1 aliphatic carbocycles. The average Bonchev–Trinajstić information content (AvgIpc) is 3.45. The second kappa shape index (κ2) is 10.0. The van der Waals surface area contributed by atoms with Crippen molar-refractivity contribution in [2.45, 2.75) is 26.2 Å². The van der Waals surface area contributed by atoms with E-state index in [1.807, 2.05) is 24.3 Å². The number of ether oxygens (including phenoxy) is 1. The van der Waals surface area contributed by atoms with E-state index in [0.717, 1.165) is 19.3 Å². The van der Waals surface area contributed by atoms with Crippen molar-refractivity contribution in [3.05, 3.63) is 65.7 Å². The average molecular weight is 380 g/mol. The molecular weight excluding hydrogens is 352 g/mol. The van der Waals surface area contributed by atoms with E-state index in [9.17, 15) is 9.59 Å². The summed E-state index contributed by atoms with van der Waals surface area (Å²) in [6.45, 7) is 3.92. The molecule has 5 nitrogen and oxygen atoms in total. The number of nitrogens with one attached hydrogen (secondary N) is 2. The van der Waals surface area contributed by atoms with Gasteiger partial charge in [0.15, 0.2) is 0 Å². The summed E-state index contributed by atoms with van der Waals surface area (Å²) < 4.78 is 5.63. The molecule has 1 fully saturated rings. The van der Waals surface area contributed by atoms with Gasteiger partial charge in [-0.05, 0) is 48.9 Å². The van der Waals surface area contributed by atoms with Gasteiger partial charge in [-0.2, -0.15) is 0 Å². The number of carbonyl (C=O) groups excluding carboxylic acids is 2. The lowest BCUT2D eigenvalue weighted by atomic mass is 10.1. The molecule has 1 aliphatic rings. The smallest absolute Gasteiger partial charge is 0.251 e. The van der Waals surface area contributed by atoms with Crippen molar-refractivity contribution >= 4 is 17.5 Å².